The number of nitrogen functional groups attached to an aromatic ring is 1. The van der Waals surface area contributed by atoms with E-state index in [-0.39, 0.29) is 23.9 Å². The van der Waals surface area contributed by atoms with Gasteiger partial charge in [0, 0.05) is 30.8 Å². The topological polar surface area (TPSA) is 109 Å². The molecule has 7 heteroatoms. The van der Waals surface area contributed by atoms with Gasteiger partial charge in [-0.15, -0.1) is 0 Å². The summed E-state index contributed by atoms with van der Waals surface area (Å²) in [5, 5.41) is 10.4. The summed E-state index contributed by atoms with van der Waals surface area (Å²) in [6, 6.07) is 6.74. The van der Waals surface area contributed by atoms with Crippen LogP contribution in [0.15, 0.2) is 24.3 Å². The average Bonchev–Trinajstić information content (AvgIpc) is 2.76. The normalized spacial score (nSPS) is 18.6. The molecule has 0 radical (unpaired) electrons. The van der Waals surface area contributed by atoms with E-state index in [2.05, 4.69) is 5.32 Å². The van der Waals surface area contributed by atoms with Gasteiger partial charge in [-0.2, -0.15) is 0 Å². The van der Waals surface area contributed by atoms with Gasteiger partial charge >= 0.3 is 6.09 Å². The van der Waals surface area contributed by atoms with Crippen molar-refractivity contribution in [1.82, 2.24) is 10.2 Å². The Morgan fingerprint density at radius 2 is 1.55 bits per heavy atom. The zero-order chi connectivity index (χ0) is 22.1. The number of amides is 2. The van der Waals surface area contributed by atoms with Crippen molar-refractivity contribution < 1.29 is 14.3 Å². The number of hydrogen-bond donors (Lipinski definition) is 3. The summed E-state index contributed by atoms with van der Waals surface area (Å²) < 4.78 is 5.80. The third kappa shape index (κ3) is 7.26. The SMILES string of the molecule is N=C(N)c1ccc(C(=O)NCCC2CCN(C(=O)OC3CCCCCCC3)CC2)cc1. The first-order valence-corrected chi connectivity index (χ1v) is 11.7. The number of nitrogens with zero attached hydrogens (tertiary/aromatic N) is 1. The van der Waals surface area contributed by atoms with E-state index in [1.54, 1.807) is 24.3 Å². The second-order valence-electron chi connectivity index (χ2n) is 8.82. The van der Waals surface area contributed by atoms with Gasteiger partial charge in [0.05, 0.1) is 0 Å². The zero-order valence-corrected chi connectivity index (χ0v) is 18.4. The molecule has 0 bridgehead atoms. The van der Waals surface area contributed by atoms with Crippen LogP contribution in [0.1, 0.15) is 80.1 Å². The van der Waals surface area contributed by atoms with Crippen molar-refractivity contribution in [3.8, 4) is 0 Å². The van der Waals surface area contributed by atoms with Gasteiger partial charge in [0.15, 0.2) is 0 Å². The van der Waals surface area contributed by atoms with E-state index < -0.39 is 0 Å². The lowest BCUT2D eigenvalue weighted by Gasteiger charge is -2.32. The van der Waals surface area contributed by atoms with Crippen molar-refractivity contribution in [2.75, 3.05) is 19.6 Å². The van der Waals surface area contributed by atoms with Crippen LogP contribution >= 0.6 is 0 Å². The highest BCUT2D eigenvalue weighted by Crippen LogP contribution is 2.23. The summed E-state index contributed by atoms with van der Waals surface area (Å²) in [6.07, 6.45) is 10.9. The monoisotopic (exact) mass is 428 g/mol. The molecule has 1 aromatic carbocycles. The molecule has 170 valence electrons. The summed E-state index contributed by atoms with van der Waals surface area (Å²) in [5.41, 5.74) is 6.61. The van der Waals surface area contributed by atoms with Crippen LogP contribution in [0.5, 0.6) is 0 Å². The van der Waals surface area contributed by atoms with Gasteiger partial charge < -0.3 is 20.7 Å². The predicted octanol–water partition coefficient (Wildman–Crippen LogP) is 4.05. The molecule has 1 aromatic rings. The Labute approximate surface area is 185 Å². The Morgan fingerprint density at radius 1 is 0.968 bits per heavy atom. The van der Waals surface area contributed by atoms with Crippen LogP contribution in [0.3, 0.4) is 0 Å². The maximum Gasteiger partial charge on any atom is 0.410 e. The quantitative estimate of drug-likeness (QED) is 0.469. The van der Waals surface area contributed by atoms with Crippen molar-refractivity contribution in [1.29, 1.82) is 5.41 Å². The third-order valence-corrected chi connectivity index (χ3v) is 6.49. The predicted molar refractivity (Wildman–Crippen MR) is 121 cm³/mol. The number of hydrogen-bond acceptors (Lipinski definition) is 4. The van der Waals surface area contributed by atoms with E-state index in [1.165, 1.54) is 19.3 Å². The highest BCUT2D eigenvalue weighted by atomic mass is 16.6. The first-order valence-electron chi connectivity index (χ1n) is 11.7. The number of carbonyl (C=O) groups excluding carboxylic acids is 2. The molecule has 2 aliphatic rings. The Hall–Kier alpha value is -2.57. The van der Waals surface area contributed by atoms with Crippen LogP contribution in [-0.4, -0.2) is 48.5 Å². The first kappa shape index (κ1) is 23.1. The summed E-state index contributed by atoms with van der Waals surface area (Å²) in [6.45, 7) is 2.08. The Kier molecular flexibility index (Phi) is 8.74. The van der Waals surface area contributed by atoms with Gasteiger partial charge in [0.2, 0.25) is 0 Å². The van der Waals surface area contributed by atoms with Gasteiger partial charge in [-0.3, -0.25) is 10.2 Å². The van der Waals surface area contributed by atoms with Crippen molar-refractivity contribution in [2.24, 2.45) is 11.7 Å². The lowest BCUT2D eigenvalue weighted by molar-refractivity contribution is 0.0420. The maximum absolute atomic E-state index is 12.5. The van der Waals surface area contributed by atoms with Crippen LogP contribution in [0.2, 0.25) is 0 Å². The zero-order valence-electron chi connectivity index (χ0n) is 18.4. The minimum Gasteiger partial charge on any atom is -0.446 e. The molecule has 1 heterocycles. The molecular weight excluding hydrogens is 392 g/mol. The fourth-order valence-corrected chi connectivity index (χ4v) is 4.45. The van der Waals surface area contributed by atoms with E-state index in [4.69, 9.17) is 15.9 Å². The standard InChI is InChI=1S/C24H36N4O3/c25-22(26)19-8-10-20(11-9-19)23(29)27-15-12-18-13-16-28(17-14-18)24(30)31-21-6-4-2-1-3-5-7-21/h8-11,18,21H,1-7,12-17H2,(H3,25,26)(H,27,29). The van der Waals surface area contributed by atoms with Crippen molar-refractivity contribution in [3.63, 3.8) is 0 Å². The highest BCUT2D eigenvalue weighted by molar-refractivity contribution is 5.98. The largest absolute Gasteiger partial charge is 0.446 e. The van der Waals surface area contributed by atoms with Crippen LogP contribution in [0, 0.1) is 11.3 Å². The minimum absolute atomic E-state index is 0.00753. The molecule has 1 aliphatic heterocycles. The molecule has 2 amide bonds. The van der Waals surface area contributed by atoms with Crippen molar-refractivity contribution in [3.05, 3.63) is 35.4 Å². The van der Waals surface area contributed by atoms with Gasteiger partial charge in [-0.1, -0.05) is 31.4 Å². The molecule has 3 rings (SSSR count). The second kappa shape index (κ2) is 11.7. The number of amidine groups is 1. The van der Waals surface area contributed by atoms with Crippen LogP contribution in [0.4, 0.5) is 4.79 Å². The molecule has 1 aliphatic carbocycles. The van der Waals surface area contributed by atoms with Gasteiger partial charge in [0.1, 0.15) is 11.9 Å². The summed E-state index contributed by atoms with van der Waals surface area (Å²) >= 11 is 0. The molecule has 4 N–H and O–H groups in total. The Bertz CT molecular complexity index is 734. The van der Waals surface area contributed by atoms with E-state index in [1.807, 2.05) is 4.90 Å². The number of rotatable bonds is 6. The molecule has 0 unspecified atom stereocenters. The van der Waals surface area contributed by atoms with Gasteiger partial charge in [-0.25, -0.2) is 4.79 Å². The summed E-state index contributed by atoms with van der Waals surface area (Å²) in [4.78, 5) is 26.7. The molecule has 31 heavy (non-hydrogen) atoms. The first-order chi connectivity index (χ1) is 15.0. The Balaban J connectivity index is 1.33. The molecule has 0 atom stereocenters. The number of piperidine rings is 1. The molecule has 2 fully saturated rings. The number of nitrogens with one attached hydrogen (secondary N) is 2. The van der Waals surface area contributed by atoms with E-state index in [0.717, 1.165) is 58.0 Å². The molecule has 0 spiro atoms. The fraction of sp³-hybridized carbons (Fsp3) is 0.625. The number of nitrogens with two attached hydrogens (primary N) is 1. The van der Waals surface area contributed by atoms with Crippen molar-refractivity contribution >= 4 is 17.8 Å². The average molecular weight is 429 g/mol. The minimum atomic E-state index is -0.147. The van der Waals surface area contributed by atoms with Crippen LogP contribution in [0.25, 0.3) is 0 Å². The summed E-state index contributed by atoms with van der Waals surface area (Å²) in [5.74, 6) is 0.382. The van der Waals surface area contributed by atoms with Crippen LogP contribution in [-0.2, 0) is 4.74 Å². The van der Waals surface area contributed by atoms with Gasteiger partial charge in [-0.05, 0) is 63.0 Å². The number of benzene rings is 1. The molecule has 7 nitrogen and oxygen atoms in total. The lowest BCUT2D eigenvalue weighted by Crippen LogP contribution is -2.41. The van der Waals surface area contributed by atoms with Gasteiger partial charge in [0.25, 0.3) is 5.91 Å². The van der Waals surface area contributed by atoms with E-state index in [9.17, 15) is 9.59 Å². The third-order valence-electron chi connectivity index (χ3n) is 6.49. The Morgan fingerprint density at radius 3 is 2.16 bits per heavy atom. The molecular formula is C24H36N4O3. The maximum atomic E-state index is 12.5. The molecule has 0 aromatic heterocycles. The summed E-state index contributed by atoms with van der Waals surface area (Å²) in [7, 11) is 0. The fourth-order valence-electron chi connectivity index (χ4n) is 4.45. The highest BCUT2D eigenvalue weighted by Gasteiger charge is 2.26. The second-order valence-corrected chi connectivity index (χ2v) is 8.82. The van der Waals surface area contributed by atoms with Crippen LogP contribution < -0.4 is 11.1 Å². The number of ether oxygens (including phenoxy) is 1. The number of likely N-dealkylation sites (tertiary alicyclic amines) is 1. The van der Waals surface area contributed by atoms with Crippen molar-refractivity contribution in [2.45, 2.75) is 70.3 Å². The number of carbonyl (C=O) groups is 2. The lowest BCUT2D eigenvalue weighted by atomic mass is 9.93. The van der Waals surface area contributed by atoms with E-state index >= 15 is 0 Å². The van der Waals surface area contributed by atoms with E-state index in [0.29, 0.717) is 23.6 Å². The molecule has 1 saturated carbocycles. The molecule has 1 saturated heterocycles. The smallest absolute Gasteiger partial charge is 0.410 e.